The summed E-state index contributed by atoms with van der Waals surface area (Å²) in [6, 6.07) is 0.223. The minimum absolute atomic E-state index is 0.141. The van der Waals surface area contributed by atoms with Crippen molar-refractivity contribution in [1.29, 1.82) is 0 Å². The fourth-order valence-electron chi connectivity index (χ4n) is 2.83. The van der Waals surface area contributed by atoms with E-state index in [0.717, 1.165) is 41.9 Å². The molecule has 21 heavy (non-hydrogen) atoms. The topological polar surface area (TPSA) is 44.9 Å². The molecule has 0 saturated heterocycles. The first-order chi connectivity index (χ1) is 10.0. The Labute approximate surface area is 131 Å². The Kier molecular flexibility index (Phi) is 5.27. The van der Waals surface area contributed by atoms with Crippen molar-refractivity contribution in [2.45, 2.75) is 51.5 Å². The summed E-state index contributed by atoms with van der Waals surface area (Å²) in [6.45, 7) is 6.92. The number of fused-ring (bicyclic) bond motifs is 1. The molecule has 0 amide bonds. The molecule has 0 saturated carbocycles. The third-order valence-corrected chi connectivity index (χ3v) is 4.00. The zero-order valence-corrected chi connectivity index (χ0v) is 14.3. The van der Waals surface area contributed by atoms with Crippen LogP contribution in [0.25, 0.3) is 11.2 Å². The number of imidazole rings is 1. The highest BCUT2D eigenvalue weighted by Crippen LogP contribution is 2.31. The molecular weight excluding hydrogens is 288 g/mol. The first kappa shape index (κ1) is 16.3. The second kappa shape index (κ2) is 6.79. The van der Waals surface area contributed by atoms with E-state index in [4.69, 9.17) is 21.3 Å². The number of aromatic nitrogens is 4. The smallest absolute Gasteiger partial charge is 0.159 e. The van der Waals surface area contributed by atoms with Crippen LogP contribution in [0.4, 0.5) is 0 Å². The quantitative estimate of drug-likeness (QED) is 0.733. The van der Waals surface area contributed by atoms with E-state index >= 15 is 0 Å². The van der Waals surface area contributed by atoms with Gasteiger partial charge < -0.3 is 9.30 Å². The van der Waals surface area contributed by atoms with E-state index in [9.17, 15) is 0 Å². The SMILES string of the molecule is CCCc1nn(C)c2c1nc(C(C)Cl)n2C(CC)COC. The summed E-state index contributed by atoms with van der Waals surface area (Å²) in [6.07, 6.45) is 2.95. The van der Waals surface area contributed by atoms with Crippen LogP contribution in [0.2, 0.25) is 0 Å². The molecule has 0 aliphatic rings. The Balaban J connectivity index is 2.67. The van der Waals surface area contributed by atoms with Crippen molar-refractivity contribution in [3.05, 3.63) is 11.5 Å². The molecule has 5 nitrogen and oxygen atoms in total. The van der Waals surface area contributed by atoms with Crippen LogP contribution in [0, 0.1) is 0 Å². The molecule has 0 aliphatic heterocycles. The molecule has 0 fully saturated rings. The molecular formula is C15H25ClN4O. The number of aryl methyl sites for hydroxylation is 2. The van der Waals surface area contributed by atoms with Crippen molar-refractivity contribution in [2.24, 2.45) is 7.05 Å². The third-order valence-electron chi connectivity index (χ3n) is 3.80. The average molecular weight is 313 g/mol. The zero-order chi connectivity index (χ0) is 15.6. The molecule has 2 unspecified atom stereocenters. The van der Waals surface area contributed by atoms with Gasteiger partial charge in [0.25, 0.3) is 0 Å². The van der Waals surface area contributed by atoms with Crippen molar-refractivity contribution in [3.63, 3.8) is 0 Å². The van der Waals surface area contributed by atoms with Crippen LogP contribution in [0.5, 0.6) is 0 Å². The van der Waals surface area contributed by atoms with Gasteiger partial charge in [-0.25, -0.2) is 4.98 Å². The second-order valence-corrected chi connectivity index (χ2v) is 6.12. The molecule has 0 radical (unpaired) electrons. The maximum atomic E-state index is 6.37. The predicted octanol–water partition coefficient (Wildman–Crippen LogP) is 3.62. The molecule has 0 aliphatic carbocycles. The number of alkyl halides is 1. The van der Waals surface area contributed by atoms with Crippen LogP contribution in [0.3, 0.4) is 0 Å². The third kappa shape index (κ3) is 2.94. The number of ether oxygens (including phenoxy) is 1. The normalized spacial score (nSPS) is 14.8. The summed E-state index contributed by atoms with van der Waals surface area (Å²) in [7, 11) is 3.70. The Morgan fingerprint density at radius 3 is 2.57 bits per heavy atom. The molecule has 2 atom stereocenters. The number of hydrogen-bond acceptors (Lipinski definition) is 3. The van der Waals surface area contributed by atoms with Gasteiger partial charge in [-0.1, -0.05) is 20.3 Å². The number of methoxy groups -OCH3 is 1. The van der Waals surface area contributed by atoms with Gasteiger partial charge in [0.2, 0.25) is 0 Å². The van der Waals surface area contributed by atoms with Crippen molar-refractivity contribution in [2.75, 3.05) is 13.7 Å². The highest BCUT2D eigenvalue weighted by atomic mass is 35.5. The molecule has 6 heteroatoms. The van der Waals surface area contributed by atoms with Crippen molar-refractivity contribution in [3.8, 4) is 0 Å². The standard InChI is InChI=1S/C15H25ClN4O/c1-6-8-12-13-15(19(4)18-12)20(11(7-2)9-21-5)14(17-13)10(3)16/h10-11H,6-9H2,1-5H3. The summed E-state index contributed by atoms with van der Waals surface area (Å²) in [4.78, 5) is 4.79. The molecule has 0 bridgehead atoms. The predicted molar refractivity (Wildman–Crippen MR) is 86.0 cm³/mol. The van der Waals surface area contributed by atoms with Crippen LogP contribution in [0.15, 0.2) is 0 Å². The highest BCUT2D eigenvalue weighted by Gasteiger charge is 2.25. The molecule has 2 rings (SSSR count). The molecule has 118 valence electrons. The average Bonchev–Trinajstić information content (AvgIpc) is 2.96. The van der Waals surface area contributed by atoms with Gasteiger partial charge in [0.1, 0.15) is 11.3 Å². The summed E-state index contributed by atoms with van der Waals surface area (Å²) >= 11 is 6.37. The minimum atomic E-state index is -0.141. The van der Waals surface area contributed by atoms with E-state index in [0.29, 0.717) is 6.61 Å². The van der Waals surface area contributed by atoms with Gasteiger partial charge in [0.15, 0.2) is 5.65 Å². The minimum Gasteiger partial charge on any atom is -0.383 e. The van der Waals surface area contributed by atoms with Crippen molar-refractivity contribution >= 4 is 22.8 Å². The van der Waals surface area contributed by atoms with Gasteiger partial charge in [0.05, 0.1) is 23.7 Å². The van der Waals surface area contributed by atoms with E-state index in [1.807, 2.05) is 18.7 Å². The number of rotatable bonds is 7. The summed E-state index contributed by atoms with van der Waals surface area (Å²) < 4.78 is 9.51. The van der Waals surface area contributed by atoms with Crippen LogP contribution in [-0.2, 0) is 18.2 Å². The molecule has 0 N–H and O–H groups in total. The van der Waals surface area contributed by atoms with E-state index in [2.05, 4.69) is 23.5 Å². The lowest BCUT2D eigenvalue weighted by Crippen LogP contribution is -2.18. The lowest BCUT2D eigenvalue weighted by atomic mass is 10.2. The zero-order valence-electron chi connectivity index (χ0n) is 13.6. The van der Waals surface area contributed by atoms with E-state index in [-0.39, 0.29) is 11.4 Å². The second-order valence-electron chi connectivity index (χ2n) is 5.47. The maximum absolute atomic E-state index is 6.37. The first-order valence-corrected chi connectivity index (χ1v) is 8.05. The first-order valence-electron chi connectivity index (χ1n) is 7.61. The Morgan fingerprint density at radius 2 is 2.05 bits per heavy atom. The van der Waals surface area contributed by atoms with Crippen molar-refractivity contribution < 1.29 is 4.74 Å². The van der Waals surface area contributed by atoms with Gasteiger partial charge >= 0.3 is 0 Å². The maximum Gasteiger partial charge on any atom is 0.159 e. The van der Waals surface area contributed by atoms with Gasteiger partial charge in [-0.15, -0.1) is 11.6 Å². The van der Waals surface area contributed by atoms with E-state index in [1.54, 1.807) is 7.11 Å². The number of hydrogen-bond donors (Lipinski definition) is 0. The molecule has 0 spiro atoms. The number of nitrogens with zero attached hydrogens (tertiary/aromatic N) is 4. The molecule has 2 aromatic rings. The van der Waals surface area contributed by atoms with Gasteiger partial charge in [-0.2, -0.15) is 5.10 Å². The molecule has 0 aromatic carbocycles. The van der Waals surface area contributed by atoms with Crippen LogP contribution in [0.1, 0.15) is 56.6 Å². The van der Waals surface area contributed by atoms with E-state index < -0.39 is 0 Å². The summed E-state index contributed by atoms with van der Waals surface area (Å²) in [5, 5.41) is 4.49. The molecule has 2 aromatic heterocycles. The fourth-order valence-corrected chi connectivity index (χ4v) is 2.99. The largest absolute Gasteiger partial charge is 0.383 e. The van der Waals surface area contributed by atoms with Crippen LogP contribution in [-0.4, -0.2) is 33.0 Å². The highest BCUT2D eigenvalue weighted by molar-refractivity contribution is 6.20. The Bertz CT molecular complexity index is 602. The lowest BCUT2D eigenvalue weighted by molar-refractivity contribution is 0.153. The Morgan fingerprint density at radius 1 is 1.33 bits per heavy atom. The molecule has 2 heterocycles. The van der Waals surface area contributed by atoms with Crippen LogP contribution < -0.4 is 0 Å². The lowest BCUT2D eigenvalue weighted by Gasteiger charge is -2.20. The van der Waals surface area contributed by atoms with E-state index in [1.165, 1.54) is 0 Å². The number of halogens is 1. The summed E-state index contributed by atoms with van der Waals surface area (Å²) in [5.41, 5.74) is 3.08. The Hall–Kier alpha value is -1.07. The van der Waals surface area contributed by atoms with Crippen molar-refractivity contribution in [1.82, 2.24) is 19.3 Å². The van der Waals surface area contributed by atoms with Gasteiger partial charge in [-0.3, -0.25) is 4.68 Å². The monoisotopic (exact) mass is 312 g/mol. The summed E-state index contributed by atoms with van der Waals surface area (Å²) in [5.74, 6) is 0.904. The van der Waals surface area contributed by atoms with Gasteiger partial charge in [-0.05, 0) is 19.8 Å². The van der Waals surface area contributed by atoms with Crippen LogP contribution >= 0.6 is 11.6 Å². The van der Waals surface area contributed by atoms with Gasteiger partial charge in [0, 0.05) is 14.2 Å². The fraction of sp³-hybridized carbons (Fsp3) is 0.733.